The maximum atomic E-state index is 10.7. The van der Waals surface area contributed by atoms with Crippen LogP contribution in [0.4, 0.5) is 11.4 Å². The van der Waals surface area contributed by atoms with Crippen LogP contribution >= 0.6 is 0 Å². The fourth-order valence-electron chi connectivity index (χ4n) is 0.902. The predicted molar refractivity (Wildman–Crippen MR) is 52.6 cm³/mol. The molecule has 0 aliphatic rings. The predicted octanol–water partition coefficient (Wildman–Crippen LogP) is -0.695. The quantitative estimate of drug-likeness (QED) is 0.205. The van der Waals surface area contributed by atoms with Crippen LogP contribution in [0.3, 0.4) is 0 Å². The number of nitrogens with zero attached hydrogens (tertiary/aromatic N) is 1. The lowest BCUT2D eigenvalue weighted by molar-refractivity contribution is -0.386. The van der Waals surface area contributed by atoms with Gasteiger partial charge in [0.25, 0.3) is 10.1 Å². The topological polar surface area (TPSA) is 175 Å². The minimum absolute atomic E-state index is 0. The second-order valence-electron chi connectivity index (χ2n) is 2.61. The lowest BCUT2D eigenvalue weighted by Crippen LogP contribution is -2.02. The molecule has 0 unspecified atom stereocenters. The largest absolute Gasteiger partial charge is 0.501 e. The molecule has 16 heavy (non-hydrogen) atoms. The first-order valence-corrected chi connectivity index (χ1v) is 4.92. The molecule has 0 bridgehead atoms. The van der Waals surface area contributed by atoms with Crippen molar-refractivity contribution in [3.05, 3.63) is 22.2 Å². The first kappa shape index (κ1) is 14.1. The Labute approximate surface area is 89.3 Å². The number of nitro benzene ring substituents is 1. The second-order valence-corrected chi connectivity index (χ2v) is 4.03. The number of benzene rings is 1. The third kappa shape index (κ3) is 2.56. The molecule has 9 nitrogen and oxygen atoms in total. The molecular weight excluding hydrogens is 244 g/mol. The van der Waals surface area contributed by atoms with Gasteiger partial charge in [0.2, 0.25) is 5.75 Å². The summed E-state index contributed by atoms with van der Waals surface area (Å²) < 4.78 is 30.0. The molecule has 10 heteroatoms. The minimum Gasteiger partial charge on any atom is -0.501 e. The van der Waals surface area contributed by atoms with Crippen LogP contribution in [0, 0.1) is 10.1 Å². The minimum atomic E-state index is -4.59. The highest BCUT2D eigenvalue weighted by molar-refractivity contribution is 7.85. The molecule has 0 fully saturated rings. The van der Waals surface area contributed by atoms with Crippen molar-refractivity contribution in [3.8, 4) is 5.75 Å². The highest BCUT2D eigenvalue weighted by Crippen LogP contribution is 2.34. The highest BCUT2D eigenvalue weighted by atomic mass is 32.2. The van der Waals surface area contributed by atoms with Crippen molar-refractivity contribution in [3.63, 3.8) is 0 Å². The summed E-state index contributed by atoms with van der Waals surface area (Å²) in [5.41, 5.74) is 3.74. The average Bonchev–Trinajstić information content (AvgIpc) is 2.06. The zero-order valence-corrected chi connectivity index (χ0v) is 8.43. The van der Waals surface area contributed by atoms with E-state index in [-0.39, 0.29) is 5.48 Å². The molecule has 0 aliphatic carbocycles. The number of nitrogen functional groups attached to an aromatic ring is 1. The number of hydrogen-bond donors (Lipinski definition) is 3. The van der Waals surface area contributed by atoms with Gasteiger partial charge in [0, 0.05) is 6.07 Å². The number of phenolic OH excluding ortho intramolecular Hbond substituents is 1. The Morgan fingerprint density at radius 1 is 1.38 bits per heavy atom. The zero-order valence-electron chi connectivity index (χ0n) is 7.61. The van der Waals surface area contributed by atoms with E-state index in [1.165, 1.54) is 0 Å². The molecule has 0 heterocycles. The van der Waals surface area contributed by atoms with Gasteiger partial charge in [0.15, 0.2) is 0 Å². The van der Waals surface area contributed by atoms with E-state index in [1.54, 1.807) is 0 Å². The van der Waals surface area contributed by atoms with Gasteiger partial charge in [-0.15, -0.1) is 0 Å². The number of phenols is 1. The molecule has 0 aliphatic heterocycles. The van der Waals surface area contributed by atoms with E-state index < -0.39 is 37.1 Å². The van der Waals surface area contributed by atoms with E-state index in [1.807, 2.05) is 0 Å². The van der Waals surface area contributed by atoms with Crippen molar-refractivity contribution >= 4 is 21.5 Å². The number of anilines is 1. The van der Waals surface area contributed by atoms with Crippen molar-refractivity contribution in [2.75, 3.05) is 5.73 Å². The summed E-state index contributed by atoms with van der Waals surface area (Å²) in [4.78, 5) is 8.61. The number of nitro groups is 1. The highest BCUT2D eigenvalue weighted by Gasteiger charge is 2.22. The van der Waals surface area contributed by atoms with E-state index in [0.29, 0.717) is 6.07 Å². The number of rotatable bonds is 2. The maximum Gasteiger partial charge on any atom is 0.314 e. The normalized spacial score (nSPS) is 10.6. The van der Waals surface area contributed by atoms with Crippen molar-refractivity contribution in [2.45, 2.75) is 4.90 Å². The van der Waals surface area contributed by atoms with Crippen molar-refractivity contribution in [2.24, 2.45) is 0 Å². The summed E-state index contributed by atoms with van der Waals surface area (Å²) in [7, 11) is -4.59. The van der Waals surface area contributed by atoms with Crippen molar-refractivity contribution < 1.29 is 28.5 Å². The van der Waals surface area contributed by atoms with Gasteiger partial charge in [-0.1, -0.05) is 0 Å². The van der Waals surface area contributed by atoms with E-state index in [4.69, 9.17) is 15.4 Å². The van der Waals surface area contributed by atoms with Crippen LogP contribution in [-0.2, 0) is 10.1 Å². The monoisotopic (exact) mass is 252 g/mol. The molecule has 0 atom stereocenters. The van der Waals surface area contributed by atoms with Crippen LogP contribution in [0.2, 0.25) is 0 Å². The van der Waals surface area contributed by atoms with Gasteiger partial charge in [0.05, 0.1) is 10.6 Å². The van der Waals surface area contributed by atoms with Crippen LogP contribution in [0.15, 0.2) is 17.0 Å². The summed E-state index contributed by atoms with van der Waals surface area (Å²) in [6.07, 6.45) is 0. The fourth-order valence-corrected chi connectivity index (χ4v) is 1.44. The fraction of sp³-hybridized carbons (Fsp3) is 0. The smallest absolute Gasteiger partial charge is 0.314 e. The Kier molecular flexibility index (Phi) is 3.79. The molecule has 1 rings (SSSR count). The Bertz CT molecular complexity index is 524. The van der Waals surface area contributed by atoms with Crippen LogP contribution in [0.1, 0.15) is 0 Å². The summed E-state index contributed by atoms with van der Waals surface area (Å²) in [6, 6.07) is 1.23. The third-order valence-electron chi connectivity index (χ3n) is 1.59. The number of aromatic hydroxyl groups is 1. The van der Waals surface area contributed by atoms with Crippen molar-refractivity contribution in [1.29, 1.82) is 0 Å². The SMILES string of the molecule is Nc1cc(S(=O)(=O)O)cc([N+](=O)[O-])c1O.O. The summed E-state index contributed by atoms with van der Waals surface area (Å²) in [5, 5.41) is 19.5. The molecule has 1 aromatic rings. The molecule has 0 amide bonds. The molecule has 6 N–H and O–H groups in total. The van der Waals surface area contributed by atoms with Crippen LogP contribution in [0.25, 0.3) is 0 Å². The molecule has 90 valence electrons. The lowest BCUT2D eigenvalue weighted by atomic mass is 10.2. The summed E-state index contributed by atoms with van der Waals surface area (Å²) in [6.45, 7) is 0. The van der Waals surface area contributed by atoms with E-state index in [2.05, 4.69) is 0 Å². The van der Waals surface area contributed by atoms with Gasteiger partial charge < -0.3 is 16.3 Å². The molecule has 0 saturated carbocycles. The Balaban J connectivity index is 0.00000225. The Hall–Kier alpha value is -1.91. The molecule has 0 spiro atoms. The molecule has 1 aromatic carbocycles. The second kappa shape index (κ2) is 4.30. The maximum absolute atomic E-state index is 10.7. The Morgan fingerprint density at radius 3 is 2.25 bits per heavy atom. The molecule has 0 saturated heterocycles. The first-order valence-electron chi connectivity index (χ1n) is 3.48. The average molecular weight is 252 g/mol. The van der Waals surface area contributed by atoms with E-state index in [0.717, 1.165) is 6.07 Å². The van der Waals surface area contributed by atoms with Gasteiger partial charge >= 0.3 is 5.69 Å². The molecular formula is C6H8N2O7S. The van der Waals surface area contributed by atoms with Gasteiger partial charge in [0.1, 0.15) is 4.90 Å². The van der Waals surface area contributed by atoms with Gasteiger partial charge in [-0.05, 0) is 6.07 Å². The van der Waals surface area contributed by atoms with Crippen molar-refractivity contribution in [1.82, 2.24) is 0 Å². The van der Waals surface area contributed by atoms with Crippen LogP contribution < -0.4 is 5.73 Å². The standard InChI is InChI=1S/C6H6N2O6S.H2O/c7-4-1-3(15(12,13)14)2-5(6(4)9)8(10)11;/h1-2,9H,7H2,(H,12,13,14);1H2. The van der Waals surface area contributed by atoms with E-state index in [9.17, 15) is 18.5 Å². The van der Waals surface area contributed by atoms with Gasteiger partial charge in [-0.3, -0.25) is 14.7 Å². The van der Waals surface area contributed by atoms with Gasteiger partial charge in [-0.25, -0.2) is 0 Å². The van der Waals surface area contributed by atoms with Gasteiger partial charge in [-0.2, -0.15) is 8.42 Å². The number of hydrogen-bond acceptors (Lipinski definition) is 6. The zero-order chi connectivity index (χ0) is 11.8. The molecule has 0 aromatic heterocycles. The summed E-state index contributed by atoms with van der Waals surface area (Å²) >= 11 is 0. The lowest BCUT2D eigenvalue weighted by Gasteiger charge is -2.02. The third-order valence-corrected chi connectivity index (χ3v) is 2.42. The summed E-state index contributed by atoms with van der Waals surface area (Å²) in [5.74, 6) is -0.840. The van der Waals surface area contributed by atoms with E-state index >= 15 is 0 Å². The van der Waals surface area contributed by atoms with Crippen LogP contribution in [-0.4, -0.2) is 28.5 Å². The number of nitrogens with two attached hydrogens (primary N) is 1. The van der Waals surface area contributed by atoms with Crippen LogP contribution in [0.5, 0.6) is 5.75 Å². The molecule has 0 radical (unpaired) electrons. The Morgan fingerprint density at radius 2 is 1.88 bits per heavy atom. The first-order chi connectivity index (χ1) is 6.73.